The van der Waals surface area contributed by atoms with Gasteiger partial charge in [-0.15, -0.1) is 0 Å². The Kier molecular flexibility index (Phi) is 6.69. The van der Waals surface area contributed by atoms with E-state index >= 15 is 0 Å². The Morgan fingerprint density at radius 3 is 2.79 bits per heavy atom. The molecule has 1 rings (SSSR count). The molecule has 1 aromatic heterocycles. The largest absolute Gasteiger partial charge is 0.355 e. The van der Waals surface area contributed by atoms with Gasteiger partial charge in [-0.3, -0.25) is 9.00 Å². The van der Waals surface area contributed by atoms with Gasteiger partial charge in [-0.1, -0.05) is 19.0 Å². The Balaban J connectivity index is 2.50. The van der Waals surface area contributed by atoms with Gasteiger partial charge in [-0.2, -0.15) is 4.98 Å². The Morgan fingerprint density at radius 2 is 2.16 bits per heavy atom. The highest BCUT2D eigenvalue weighted by atomic mass is 32.2. The van der Waals surface area contributed by atoms with Crippen LogP contribution in [0.3, 0.4) is 0 Å². The number of rotatable bonds is 8. The molecule has 0 spiro atoms. The van der Waals surface area contributed by atoms with Crippen molar-refractivity contribution in [3.8, 4) is 0 Å². The van der Waals surface area contributed by atoms with Gasteiger partial charge < -0.3 is 9.84 Å². The molecule has 0 saturated carbocycles. The van der Waals surface area contributed by atoms with Crippen LogP contribution in [-0.2, 0) is 27.8 Å². The highest BCUT2D eigenvalue weighted by Gasteiger charge is 2.21. The molecule has 0 aromatic carbocycles. The van der Waals surface area contributed by atoms with Gasteiger partial charge in [-0.25, -0.2) is 0 Å². The summed E-state index contributed by atoms with van der Waals surface area (Å²) in [5.74, 6) is 0.903. The Morgan fingerprint density at radius 1 is 1.42 bits per heavy atom. The molecule has 6 nitrogen and oxygen atoms in total. The van der Waals surface area contributed by atoms with Crippen molar-refractivity contribution in [1.29, 1.82) is 0 Å². The average Bonchev–Trinajstić information content (AvgIpc) is 2.82. The maximum Gasteiger partial charge on any atom is 0.235 e. The summed E-state index contributed by atoms with van der Waals surface area (Å²) in [4.78, 5) is 15.8. The number of amides is 1. The third-order valence-corrected chi connectivity index (χ3v) is 4.10. The van der Waals surface area contributed by atoms with Gasteiger partial charge in [0.15, 0.2) is 5.82 Å². The summed E-state index contributed by atoms with van der Waals surface area (Å²) >= 11 is 0. The molecule has 0 fully saturated rings. The lowest BCUT2D eigenvalue weighted by Crippen LogP contribution is -2.36. The van der Waals surface area contributed by atoms with E-state index in [1.807, 2.05) is 13.8 Å². The van der Waals surface area contributed by atoms with Gasteiger partial charge in [0.2, 0.25) is 11.8 Å². The molecule has 1 aromatic rings. The van der Waals surface area contributed by atoms with Crippen LogP contribution in [0.25, 0.3) is 0 Å². The fraction of sp³-hybridized carbons (Fsp3) is 0.750. The highest BCUT2D eigenvalue weighted by molar-refractivity contribution is 7.85. The molecule has 0 saturated heterocycles. The zero-order valence-corrected chi connectivity index (χ0v) is 12.5. The molecule has 1 N–H and O–H groups in total. The van der Waals surface area contributed by atoms with Crippen LogP contribution in [0.15, 0.2) is 4.52 Å². The van der Waals surface area contributed by atoms with Gasteiger partial charge >= 0.3 is 0 Å². The number of carbonyl (C=O) groups excluding carboxylic acids is 1. The van der Waals surface area contributed by atoms with Crippen LogP contribution in [0.4, 0.5) is 0 Å². The van der Waals surface area contributed by atoms with E-state index < -0.39 is 16.0 Å². The topological polar surface area (TPSA) is 85.1 Å². The number of hydrogen-bond donors (Lipinski definition) is 1. The Hall–Kier alpha value is -1.24. The number of hydrogen-bond acceptors (Lipinski definition) is 5. The fourth-order valence-corrected chi connectivity index (χ4v) is 2.37. The van der Waals surface area contributed by atoms with Crippen LogP contribution in [0.2, 0.25) is 0 Å². The van der Waals surface area contributed by atoms with E-state index in [9.17, 15) is 9.00 Å². The van der Waals surface area contributed by atoms with Gasteiger partial charge in [-0.05, 0) is 19.8 Å². The Bertz CT molecular complexity index is 434. The molecular weight excluding hydrogens is 266 g/mol. The lowest BCUT2D eigenvalue weighted by molar-refractivity contribution is -0.120. The molecule has 7 heteroatoms. The first kappa shape index (κ1) is 15.8. The van der Waals surface area contributed by atoms with E-state index in [1.165, 1.54) is 0 Å². The summed E-state index contributed by atoms with van der Waals surface area (Å²) in [6.07, 6.45) is 2.49. The predicted octanol–water partition coefficient (Wildman–Crippen LogP) is 1.19. The number of aryl methyl sites for hydroxylation is 1. The third-order valence-electron chi connectivity index (χ3n) is 2.56. The van der Waals surface area contributed by atoms with Crippen LogP contribution in [0, 0.1) is 0 Å². The molecule has 1 amide bonds. The monoisotopic (exact) mass is 287 g/mol. The Labute approximate surface area is 115 Å². The first-order valence-corrected chi connectivity index (χ1v) is 7.93. The molecule has 0 unspecified atom stereocenters. The zero-order valence-electron chi connectivity index (χ0n) is 11.6. The molecule has 0 radical (unpaired) electrons. The first-order valence-electron chi connectivity index (χ1n) is 6.54. The van der Waals surface area contributed by atoms with Crippen molar-refractivity contribution in [3.05, 3.63) is 11.7 Å². The molecule has 0 aliphatic heterocycles. The van der Waals surface area contributed by atoms with Crippen molar-refractivity contribution in [2.75, 3.05) is 6.54 Å². The quantitative estimate of drug-likeness (QED) is 0.776. The fourth-order valence-electron chi connectivity index (χ4n) is 1.43. The van der Waals surface area contributed by atoms with Crippen molar-refractivity contribution in [1.82, 2.24) is 15.5 Å². The van der Waals surface area contributed by atoms with Gasteiger partial charge in [0.1, 0.15) is 5.25 Å². The normalized spacial score (nSPS) is 14.1. The van der Waals surface area contributed by atoms with Crippen molar-refractivity contribution in [3.63, 3.8) is 0 Å². The molecule has 0 bridgehead atoms. The summed E-state index contributed by atoms with van der Waals surface area (Å²) in [7, 11) is -1.34. The SMILES string of the molecule is CCCNC(=O)[C@H](C)[S@@](=O)Cc1noc(CCC)n1. The van der Waals surface area contributed by atoms with Gasteiger partial charge in [0, 0.05) is 23.8 Å². The summed E-state index contributed by atoms with van der Waals surface area (Å²) in [5, 5.41) is 5.93. The second-order valence-corrected chi connectivity index (χ2v) is 6.07. The molecular formula is C12H21N3O3S. The maximum atomic E-state index is 12.0. The molecule has 2 atom stereocenters. The molecule has 0 aliphatic carbocycles. The van der Waals surface area contributed by atoms with Crippen LogP contribution >= 0.6 is 0 Å². The van der Waals surface area contributed by atoms with Crippen LogP contribution in [0.1, 0.15) is 45.3 Å². The van der Waals surface area contributed by atoms with Crippen molar-refractivity contribution >= 4 is 16.7 Å². The lowest BCUT2D eigenvalue weighted by atomic mass is 10.3. The van der Waals surface area contributed by atoms with E-state index in [1.54, 1.807) is 6.92 Å². The van der Waals surface area contributed by atoms with E-state index in [4.69, 9.17) is 4.52 Å². The minimum Gasteiger partial charge on any atom is -0.355 e. The third kappa shape index (κ3) is 5.10. The molecule has 19 heavy (non-hydrogen) atoms. The maximum absolute atomic E-state index is 12.0. The van der Waals surface area contributed by atoms with Crippen LogP contribution < -0.4 is 5.32 Å². The van der Waals surface area contributed by atoms with Gasteiger partial charge in [0.05, 0.1) is 5.75 Å². The number of nitrogens with zero attached hydrogens (tertiary/aromatic N) is 2. The molecule has 0 aliphatic rings. The van der Waals surface area contributed by atoms with E-state index in [0.717, 1.165) is 12.8 Å². The number of carbonyl (C=O) groups is 1. The standard InChI is InChI=1S/C12H21N3O3S/c1-4-6-11-14-10(15-18-11)8-19(17)9(3)12(16)13-7-5-2/h9H,4-8H2,1-3H3,(H,13,16)/t9-,19-/m0/s1. The minimum absolute atomic E-state index is 0.147. The number of aromatic nitrogens is 2. The highest BCUT2D eigenvalue weighted by Crippen LogP contribution is 2.06. The lowest BCUT2D eigenvalue weighted by Gasteiger charge is -2.10. The van der Waals surface area contributed by atoms with Crippen molar-refractivity contribution < 1.29 is 13.5 Å². The number of nitrogens with one attached hydrogen (secondary N) is 1. The van der Waals surface area contributed by atoms with E-state index in [2.05, 4.69) is 15.5 Å². The van der Waals surface area contributed by atoms with Crippen molar-refractivity contribution in [2.24, 2.45) is 0 Å². The summed E-state index contributed by atoms with van der Waals surface area (Å²) < 4.78 is 17.0. The van der Waals surface area contributed by atoms with Crippen molar-refractivity contribution in [2.45, 2.75) is 51.0 Å². The van der Waals surface area contributed by atoms with Gasteiger partial charge in [0.25, 0.3) is 0 Å². The van der Waals surface area contributed by atoms with E-state index in [0.29, 0.717) is 24.7 Å². The molecule has 1 heterocycles. The second-order valence-electron chi connectivity index (χ2n) is 4.31. The van der Waals surface area contributed by atoms with Crippen LogP contribution in [-0.4, -0.2) is 32.1 Å². The van der Waals surface area contributed by atoms with Crippen LogP contribution in [0.5, 0.6) is 0 Å². The average molecular weight is 287 g/mol. The summed E-state index contributed by atoms with van der Waals surface area (Å²) in [5.41, 5.74) is 0. The summed E-state index contributed by atoms with van der Waals surface area (Å²) in [6, 6.07) is 0. The minimum atomic E-state index is -1.34. The second kappa shape index (κ2) is 8.04. The molecule has 108 valence electrons. The first-order chi connectivity index (χ1) is 9.08. The smallest absolute Gasteiger partial charge is 0.235 e. The predicted molar refractivity (Wildman–Crippen MR) is 72.9 cm³/mol. The van der Waals surface area contributed by atoms with E-state index in [-0.39, 0.29) is 11.7 Å². The zero-order chi connectivity index (χ0) is 14.3. The summed E-state index contributed by atoms with van der Waals surface area (Å²) in [6.45, 7) is 6.23.